The monoisotopic (exact) mass is 306 g/mol. The van der Waals surface area contributed by atoms with Crippen LogP contribution in [0.5, 0.6) is 0 Å². The summed E-state index contributed by atoms with van der Waals surface area (Å²) in [4.78, 5) is 25.9. The molecule has 22 heavy (non-hydrogen) atoms. The van der Waals surface area contributed by atoms with E-state index in [1.165, 1.54) is 4.68 Å². The fourth-order valence-electron chi connectivity index (χ4n) is 2.50. The van der Waals surface area contributed by atoms with Crippen molar-refractivity contribution in [1.29, 1.82) is 0 Å². The highest BCUT2D eigenvalue weighted by Crippen LogP contribution is 2.23. The molecule has 0 spiro atoms. The molecule has 122 valence electrons. The quantitative estimate of drug-likeness (QED) is 0.886. The smallest absolute Gasteiger partial charge is 0.268 e. The number of carbonyl (C=O) groups excluding carboxylic acids is 1. The van der Waals surface area contributed by atoms with E-state index >= 15 is 0 Å². The Bertz CT molecular complexity index is 594. The van der Waals surface area contributed by atoms with Gasteiger partial charge in [0.1, 0.15) is 0 Å². The van der Waals surface area contributed by atoms with Gasteiger partial charge in [-0.2, -0.15) is 5.10 Å². The van der Waals surface area contributed by atoms with Crippen molar-refractivity contribution >= 4 is 11.6 Å². The van der Waals surface area contributed by atoms with Crippen LogP contribution in [0.15, 0.2) is 17.1 Å². The van der Waals surface area contributed by atoms with Crippen molar-refractivity contribution < 1.29 is 4.79 Å². The summed E-state index contributed by atoms with van der Waals surface area (Å²) in [5.41, 5.74) is 0.457. The maximum absolute atomic E-state index is 12.1. The van der Waals surface area contributed by atoms with Gasteiger partial charge in [-0.25, -0.2) is 4.68 Å². The van der Waals surface area contributed by atoms with Crippen LogP contribution in [0.1, 0.15) is 33.6 Å². The molecule has 6 heteroatoms. The van der Waals surface area contributed by atoms with Gasteiger partial charge in [-0.1, -0.05) is 20.8 Å². The number of anilines is 1. The van der Waals surface area contributed by atoms with Crippen LogP contribution in [0.4, 0.5) is 5.69 Å². The van der Waals surface area contributed by atoms with Gasteiger partial charge in [0.2, 0.25) is 5.91 Å². The lowest BCUT2D eigenvalue weighted by molar-refractivity contribution is -0.129. The molecule has 1 saturated heterocycles. The van der Waals surface area contributed by atoms with E-state index in [4.69, 9.17) is 0 Å². The molecule has 1 fully saturated rings. The van der Waals surface area contributed by atoms with Gasteiger partial charge >= 0.3 is 0 Å². The number of hydrogen-bond donors (Lipinski definition) is 1. The van der Waals surface area contributed by atoms with Crippen LogP contribution in [0, 0.1) is 11.3 Å². The summed E-state index contributed by atoms with van der Waals surface area (Å²) in [6.45, 7) is 8.40. The summed E-state index contributed by atoms with van der Waals surface area (Å²) in [6.07, 6.45) is 3.57. The zero-order chi connectivity index (χ0) is 16.3. The number of carbonyl (C=O) groups is 1. The second-order valence-corrected chi connectivity index (χ2v) is 6.72. The van der Waals surface area contributed by atoms with E-state index in [0.717, 1.165) is 31.6 Å². The van der Waals surface area contributed by atoms with Crippen molar-refractivity contribution in [2.45, 2.75) is 33.6 Å². The average Bonchev–Trinajstić information content (AvgIpc) is 2.96. The first-order valence-corrected chi connectivity index (χ1v) is 7.90. The molecule has 1 N–H and O–H groups in total. The number of aromatic nitrogens is 2. The summed E-state index contributed by atoms with van der Waals surface area (Å²) < 4.78 is 1.32. The van der Waals surface area contributed by atoms with E-state index in [-0.39, 0.29) is 16.9 Å². The van der Waals surface area contributed by atoms with Gasteiger partial charge in [0.05, 0.1) is 11.9 Å². The number of amides is 1. The largest absolute Gasteiger partial charge is 0.370 e. The molecule has 1 aromatic rings. The van der Waals surface area contributed by atoms with Crippen LogP contribution in [0.3, 0.4) is 0 Å². The van der Waals surface area contributed by atoms with E-state index in [0.29, 0.717) is 12.5 Å². The van der Waals surface area contributed by atoms with Gasteiger partial charge in [0, 0.05) is 38.2 Å². The molecule has 2 rings (SSSR count). The predicted octanol–water partition coefficient (Wildman–Crippen LogP) is 1.16. The van der Waals surface area contributed by atoms with Gasteiger partial charge < -0.3 is 10.2 Å². The molecule has 0 bridgehead atoms. The highest BCUT2D eigenvalue weighted by Gasteiger charge is 2.28. The number of hydrogen-bond acceptors (Lipinski definition) is 4. The summed E-state index contributed by atoms with van der Waals surface area (Å²) >= 11 is 0. The molecule has 0 radical (unpaired) electrons. The second kappa shape index (κ2) is 6.50. The van der Waals surface area contributed by atoms with Crippen LogP contribution >= 0.6 is 0 Å². The Morgan fingerprint density at radius 3 is 2.86 bits per heavy atom. The van der Waals surface area contributed by atoms with Crippen LogP contribution < -0.4 is 15.8 Å². The molecule has 1 amide bonds. The lowest BCUT2D eigenvalue weighted by Gasteiger charge is -2.23. The number of rotatable bonds is 5. The first-order valence-electron chi connectivity index (χ1n) is 7.90. The summed E-state index contributed by atoms with van der Waals surface area (Å²) in [5.74, 6) is 0.532. The Morgan fingerprint density at radius 2 is 2.23 bits per heavy atom. The van der Waals surface area contributed by atoms with Gasteiger partial charge in [-0.15, -0.1) is 0 Å². The van der Waals surface area contributed by atoms with Gasteiger partial charge in [0.25, 0.3) is 5.56 Å². The number of nitrogens with one attached hydrogen (secondary N) is 1. The Balaban J connectivity index is 1.89. The minimum atomic E-state index is -0.312. The molecule has 6 nitrogen and oxygen atoms in total. The lowest BCUT2D eigenvalue weighted by Crippen LogP contribution is -2.39. The average molecular weight is 306 g/mol. The Hall–Kier alpha value is -1.85. The first-order chi connectivity index (χ1) is 10.3. The maximum Gasteiger partial charge on any atom is 0.268 e. The molecule has 1 aliphatic heterocycles. The molecule has 1 aromatic heterocycles. The third-order valence-corrected chi connectivity index (χ3v) is 4.65. The van der Waals surface area contributed by atoms with Gasteiger partial charge in [-0.05, 0) is 18.8 Å². The van der Waals surface area contributed by atoms with Crippen LogP contribution in [-0.4, -0.2) is 35.3 Å². The van der Waals surface area contributed by atoms with Crippen molar-refractivity contribution in [3.63, 3.8) is 0 Å². The molecular formula is C16H26N4O2. The van der Waals surface area contributed by atoms with E-state index in [1.807, 2.05) is 20.8 Å². The minimum Gasteiger partial charge on any atom is -0.370 e. The lowest BCUT2D eigenvalue weighted by atomic mass is 9.89. The molecule has 0 unspecified atom stereocenters. The summed E-state index contributed by atoms with van der Waals surface area (Å²) in [6, 6.07) is 1.62. The van der Waals surface area contributed by atoms with Crippen LogP contribution in [0.25, 0.3) is 0 Å². The highest BCUT2D eigenvalue weighted by atomic mass is 16.2. The zero-order valence-electron chi connectivity index (χ0n) is 13.9. The molecule has 1 aliphatic rings. The highest BCUT2D eigenvalue weighted by molar-refractivity contribution is 5.81. The summed E-state index contributed by atoms with van der Waals surface area (Å²) in [5, 5.41) is 7.12. The third-order valence-electron chi connectivity index (χ3n) is 4.65. The van der Waals surface area contributed by atoms with E-state index in [9.17, 15) is 9.59 Å². The molecule has 0 aliphatic carbocycles. The third kappa shape index (κ3) is 3.67. The van der Waals surface area contributed by atoms with Crippen LogP contribution in [-0.2, 0) is 11.8 Å². The molecule has 0 saturated carbocycles. The topological polar surface area (TPSA) is 67.2 Å². The van der Waals surface area contributed by atoms with Gasteiger partial charge in [-0.3, -0.25) is 9.59 Å². The Morgan fingerprint density at radius 1 is 1.50 bits per heavy atom. The summed E-state index contributed by atoms with van der Waals surface area (Å²) in [7, 11) is 1.64. The van der Waals surface area contributed by atoms with E-state index < -0.39 is 0 Å². The number of aryl methyl sites for hydroxylation is 1. The maximum atomic E-state index is 12.1. The van der Waals surface area contributed by atoms with E-state index in [2.05, 4.69) is 15.3 Å². The minimum absolute atomic E-state index is 0.0982. The number of nitrogens with zero attached hydrogens (tertiary/aromatic N) is 3. The van der Waals surface area contributed by atoms with Crippen molar-refractivity contribution in [3.8, 4) is 0 Å². The second-order valence-electron chi connectivity index (χ2n) is 6.72. The molecule has 2 heterocycles. The van der Waals surface area contributed by atoms with Crippen molar-refractivity contribution in [3.05, 3.63) is 22.6 Å². The predicted molar refractivity (Wildman–Crippen MR) is 86.9 cm³/mol. The van der Waals surface area contributed by atoms with Crippen molar-refractivity contribution in [2.24, 2.45) is 18.4 Å². The SMILES string of the molecule is CCC(C)(C)C(=O)NC[C@@H]1CCN(c2cnn(C)c(=O)c2)C1. The fourth-order valence-corrected chi connectivity index (χ4v) is 2.50. The Labute approximate surface area is 131 Å². The van der Waals surface area contributed by atoms with E-state index in [1.54, 1.807) is 19.3 Å². The normalized spacial score (nSPS) is 18.5. The first kappa shape index (κ1) is 16.5. The molecular weight excluding hydrogens is 280 g/mol. The Kier molecular flexibility index (Phi) is 4.88. The fraction of sp³-hybridized carbons (Fsp3) is 0.688. The molecule has 1 atom stereocenters. The zero-order valence-corrected chi connectivity index (χ0v) is 13.9. The van der Waals surface area contributed by atoms with Gasteiger partial charge in [0.15, 0.2) is 0 Å². The standard InChI is InChI=1S/C16H26N4O2/c1-5-16(2,3)15(22)17-9-12-6-7-20(11-12)13-8-14(21)19(4)18-10-13/h8,10,12H,5-7,9,11H2,1-4H3,(H,17,22)/t12-/m0/s1. The molecule has 0 aromatic carbocycles. The van der Waals surface area contributed by atoms with Crippen LogP contribution in [0.2, 0.25) is 0 Å². The van der Waals surface area contributed by atoms with Crippen molar-refractivity contribution in [1.82, 2.24) is 15.1 Å². The van der Waals surface area contributed by atoms with Crippen molar-refractivity contribution in [2.75, 3.05) is 24.5 Å².